The minimum Gasteiger partial charge on any atom is -0.493 e. The summed E-state index contributed by atoms with van der Waals surface area (Å²) in [5.74, 6) is 1.35. The summed E-state index contributed by atoms with van der Waals surface area (Å²) in [4.78, 5) is 0. The highest BCUT2D eigenvalue weighted by molar-refractivity contribution is 5.44. The van der Waals surface area contributed by atoms with Gasteiger partial charge in [0.2, 0.25) is 0 Å². The van der Waals surface area contributed by atoms with Crippen molar-refractivity contribution >= 4 is 0 Å². The monoisotopic (exact) mass is 238 g/mol. The summed E-state index contributed by atoms with van der Waals surface area (Å²) in [5.41, 5.74) is 0.119. The molecule has 0 aliphatic rings. The summed E-state index contributed by atoms with van der Waals surface area (Å²) in [6, 6.07) is 5.60. The van der Waals surface area contributed by atoms with Crippen molar-refractivity contribution in [3.05, 3.63) is 23.8 Å². The zero-order valence-electron chi connectivity index (χ0n) is 11.1. The van der Waals surface area contributed by atoms with Gasteiger partial charge in [-0.15, -0.1) is 0 Å². The molecule has 1 N–H and O–H groups in total. The number of ether oxygens (including phenoxy) is 2. The van der Waals surface area contributed by atoms with Gasteiger partial charge < -0.3 is 14.6 Å². The molecule has 0 fully saturated rings. The van der Waals surface area contributed by atoms with Crippen molar-refractivity contribution < 1.29 is 14.6 Å². The Morgan fingerprint density at radius 3 is 2.24 bits per heavy atom. The van der Waals surface area contributed by atoms with Crippen molar-refractivity contribution in [2.45, 2.75) is 38.7 Å². The molecule has 1 aromatic rings. The first kappa shape index (κ1) is 13.8. The van der Waals surface area contributed by atoms with Crippen LogP contribution in [0.4, 0.5) is 0 Å². The van der Waals surface area contributed by atoms with E-state index in [2.05, 4.69) is 6.92 Å². The lowest BCUT2D eigenvalue weighted by Gasteiger charge is -2.27. The molecule has 1 rings (SSSR count). The fraction of sp³-hybridized carbons (Fsp3) is 0.571. The van der Waals surface area contributed by atoms with Crippen LogP contribution in [0.15, 0.2) is 18.2 Å². The lowest BCUT2D eigenvalue weighted by molar-refractivity contribution is 0.0224. The molecule has 0 aliphatic heterocycles. The van der Waals surface area contributed by atoms with Crippen molar-refractivity contribution in [2.75, 3.05) is 14.2 Å². The van der Waals surface area contributed by atoms with Crippen LogP contribution in [0.1, 0.15) is 38.7 Å². The second kappa shape index (κ2) is 5.92. The Morgan fingerprint density at radius 2 is 1.76 bits per heavy atom. The molecule has 3 nitrogen and oxygen atoms in total. The molecule has 17 heavy (non-hydrogen) atoms. The summed E-state index contributed by atoms with van der Waals surface area (Å²) in [5, 5.41) is 10.6. The van der Waals surface area contributed by atoms with E-state index in [0.29, 0.717) is 17.9 Å². The smallest absolute Gasteiger partial charge is 0.161 e. The lowest BCUT2D eigenvalue weighted by Crippen LogP contribution is -2.24. The quantitative estimate of drug-likeness (QED) is 0.827. The van der Waals surface area contributed by atoms with Gasteiger partial charge in [-0.25, -0.2) is 0 Å². The van der Waals surface area contributed by atoms with E-state index in [9.17, 15) is 5.11 Å². The van der Waals surface area contributed by atoms with E-state index >= 15 is 0 Å². The summed E-state index contributed by atoms with van der Waals surface area (Å²) >= 11 is 0. The van der Waals surface area contributed by atoms with Crippen LogP contribution >= 0.6 is 0 Å². The van der Waals surface area contributed by atoms with Gasteiger partial charge in [-0.1, -0.05) is 26.3 Å². The second-order valence-corrected chi connectivity index (χ2v) is 4.20. The van der Waals surface area contributed by atoms with Gasteiger partial charge >= 0.3 is 0 Å². The molecule has 0 bridgehead atoms. The van der Waals surface area contributed by atoms with Crippen molar-refractivity contribution in [3.63, 3.8) is 0 Å². The van der Waals surface area contributed by atoms with Crippen LogP contribution in [0.5, 0.6) is 11.5 Å². The Morgan fingerprint density at radius 1 is 1.12 bits per heavy atom. The van der Waals surface area contributed by atoms with Gasteiger partial charge in [0.1, 0.15) is 0 Å². The maximum Gasteiger partial charge on any atom is 0.161 e. The zero-order chi connectivity index (χ0) is 12.9. The standard InChI is InChI=1S/C14H22O3/c1-5-9-14(15,6-2)11-7-8-12(16-3)13(10-11)17-4/h7-8,10,15H,5-6,9H2,1-4H3. The van der Waals surface area contributed by atoms with Gasteiger partial charge in [-0.05, 0) is 30.5 Å². The Hall–Kier alpha value is -1.22. The molecule has 0 amide bonds. The molecule has 0 saturated carbocycles. The van der Waals surface area contributed by atoms with Gasteiger partial charge in [0.15, 0.2) is 11.5 Å². The maximum absolute atomic E-state index is 10.6. The van der Waals surface area contributed by atoms with E-state index in [1.807, 2.05) is 25.1 Å². The van der Waals surface area contributed by atoms with Crippen LogP contribution in [0.2, 0.25) is 0 Å². The third-order valence-electron chi connectivity index (χ3n) is 3.17. The third kappa shape index (κ3) is 2.91. The van der Waals surface area contributed by atoms with Gasteiger partial charge in [-0.3, -0.25) is 0 Å². The molecule has 0 radical (unpaired) electrons. The van der Waals surface area contributed by atoms with Gasteiger partial charge in [0.25, 0.3) is 0 Å². The first-order valence-electron chi connectivity index (χ1n) is 6.06. The van der Waals surface area contributed by atoms with E-state index in [4.69, 9.17) is 9.47 Å². The van der Waals surface area contributed by atoms with Crippen LogP contribution in [0, 0.1) is 0 Å². The molecule has 0 spiro atoms. The van der Waals surface area contributed by atoms with E-state index < -0.39 is 5.60 Å². The molecule has 0 heterocycles. The Kier molecular flexibility index (Phi) is 4.82. The number of benzene rings is 1. The second-order valence-electron chi connectivity index (χ2n) is 4.20. The van der Waals surface area contributed by atoms with Gasteiger partial charge in [0, 0.05) is 0 Å². The highest BCUT2D eigenvalue weighted by Crippen LogP contribution is 2.36. The molecule has 0 aliphatic carbocycles. The van der Waals surface area contributed by atoms with Crippen LogP contribution in [-0.2, 0) is 5.60 Å². The number of rotatable bonds is 6. The molecule has 0 aromatic heterocycles. The predicted molar refractivity (Wildman–Crippen MR) is 68.6 cm³/mol. The molecule has 3 heteroatoms. The SMILES string of the molecule is CCCC(O)(CC)c1ccc(OC)c(OC)c1. The Bertz CT molecular complexity index is 362. The first-order valence-corrected chi connectivity index (χ1v) is 6.06. The fourth-order valence-electron chi connectivity index (χ4n) is 2.06. The first-order chi connectivity index (χ1) is 8.11. The van der Waals surface area contributed by atoms with E-state index in [1.165, 1.54) is 0 Å². The minimum atomic E-state index is -0.770. The molecular formula is C14H22O3. The molecule has 1 atom stereocenters. The average molecular weight is 238 g/mol. The van der Waals surface area contributed by atoms with Crippen molar-refractivity contribution in [1.29, 1.82) is 0 Å². The van der Waals surface area contributed by atoms with Gasteiger partial charge in [0.05, 0.1) is 19.8 Å². The summed E-state index contributed by atoms with van der Waals surface area (Å²) in [6.07, 6.45) is 2.38. The molecule has 96 valence electrons. The number of hydrogen-bond donors (Lipinski definition) is 1. The van der Waals surface area contributed by atoms with E-state index in [-0.39, 0.29) is 0 Å². The van der Waals surface area contributed by atoms with Crippen LogP contribution in [0.3, 0.4) is 0 Å². The van der Waals surface area contributed by atoms with Crippen molar-refractivity contribution in [1.82, 2.24) is 0 Å². The normalized spacial score (nSPS) is 14.2. The molecule has 1 unspecified atom stereocenters. The van der Waals surface area contributed by atoms with Crippen molar-refractivity contribution in [2.24, 2.45) is 0 Å². The minimum absolute atomic E-state index is 0.660. The summed E-state index contributed by atoms with van der Waals surface area (Å²) in [7, 11) is 3.21. The van der Waals surface area contributed by atoms with Gasteiger partial charge in [-0.2, -0.15) is 0 Å². The molecule has 0 saturated heterocycles. The molecular weight excluding hydrogens is 216 g/mol. The zero-order valence-corrected chi connectivity index (χ0v) is 11.1. The van der Waals surface area contributed by atoms with Crippen LogP contribution in [0.25, 0.3) is 0 Å². The van der Waals surface area contributed by atoms with Crippen molar-refractivity contribution in [3.8, 4) is 11.5 Å². The fourth-order valence-corrected chi connectivity index (χ4v) is 2.06. The highest BCUT2D eigenvalue weighted by Gasteiger charge is 2.27. The number of hydrogen-bond acceptors (Lipinski definition) is 3. The van der Waals surface area contributed by atoms with Crippen LogP contribution in [-0.4, -0.2) is 19.3 Å². The number of aliphatic hydroxyl groups is 1. The molecule has 1 aromatic carbocycles. The predicted octanol–water partition coefficient (Wildman–Crippen LogP) is 3.10. The average Bonchev–Trinajstić information content (AvgIpc) is 2.38. The Balaban J connectivity index is 3.13. The highest BCUT2D eigenvalue weighted by atomic mass is 16.5. The lowest BCUT2D eigenvalue weighted by atomic mass is 9.87. The van der Waals surface area contributed by atoms with Crippen LogP contribution < -0.4 is 9.47 Å². The summed E-state index contributed by atoms with van der Waals surface area (Å²) < 4.78 is 10.4. The third-order valence-corrected chi connectivity index (χ3v) is 3.17. The van der Waals surface area contributed by atoms with E-state index in [0.717, 1.165) is 18.4 Å². The summed E-state index contributed by atoms with van der Waals surface area (Å²) in [6.45, 7) is 4.06. The number of methoxy groups -OCH3 is 2. The van der Waals surface area contributed by atoms with E-state index in [1.54, 1.807) is 14.2 Å². The maximum atomic E-state index is 10.6. The topological polar surface area (TPSA) is 38.7 Å². The Labute approximate surface area is 103 Å². The largest absolute Gasteiger partial charge is 0.493 e.